The number of nitrogens with one attached hydrogen (secondary N) is 1. The summed E-state index contributed by atoms with van der Waals surface area (Å²) >= 11 is 6.36. The highest BCUT2D eigenvalue weighted by Gasteiger charge is 2.21. The fourth-order valence-corrected chi connectivity index (χ4v) is 2.90. The number of methoxy groups -OCH3 is 1. The van der Waals surface area contributed by atoms with Gasteiger partial charge in [-0.2, -0.15) is 0 Å². The van der Waals surface area contributed by atoms with Gasteiger partial charge in [0.1, 0.15) is 11.6 Å². The Morgan fingerprint density at radius 1 is 1.32 bits per heavy atom. The molecule has 2 rings (SSSR count). The van der Waals surface area contributed by atoms with Gasteiger partial charge < -0.3 is 10.1 Å². The number of alkyl halides is 1. The van der Waals surface area contributed by atoms with Crippen molar-refractivity contribution in [3.63, 3.8) is 0 Å². The van der Waals surface area contributed by atoms with Crippen LogP contribution in [-0.4, -0.2) is 18.5 Å². The van der Waals surface area contributed by atoms with Gasteiger partial charge in [0.2, 0.25) is 0 Å². The van der Waals surface area contributed by atoms with Crippen LogP contribution in [0.3, 0.4) is 0 Å². The number of hydrogen-bond donors (Lipinski definition) is 1. The summed E-state index contributed by atoms with van der Waals surface area (Å²) in [4.78, 5) is 0. The van der Waals surface area contributed by atoms with Crippen LogP contribution in [0.4, 0.5) is 4.39 Å². The molecule has 0 radical (unpaired) electrons. The van der Waals surface area contributed by atoms with Gasteiger partial charge in [-0.1, -0.05) is 25.3 Å². The van der Waals surface area contributed by atoms with Crippen molar-refractivity contribution in [3.05, 3.63) is 29.6 Å². The Balaban J connectivity index is 1.94. The molecule has 1 aliphatic carbocycles. The number of rotatable bonds is 4. The van der Waals surface area contributed by atoms with E-state index in [1.165, 1.54) is 32.4 Å². The molecule has 1 aromatic rings. The van der Waals surface area contributed by atoms with Gasteiger partial charge in [0.15, 0.2) is 0 Å². The normalized spacial score (nSPS) is 23.9. The second kappa shape index (κ2) is 7.11. The van der Waals surface area contributed by atoms with Crippen molar-refractivity contribution in [3.8, 4) is 5.75 Å². The summed E-state index contributed by atoms with van der Waals surface area (Å²) in [6, 6.07) is 5.25. The lowest BCUT2D eigenvalue weighted by molar-refractivity contribution is 0.409. The van der Waals surface area contributed by atoms with E-state index >= 15 is 0 Å². The molecule has 1 fully saturated rings. The second-order valence-corrected chi connectivity index (χ2v) is 5.66. The molecular weight excluding hydrogens is 265 g/mol. The van der Waals surface area contributed by atoms with Gasteiger partial charge in [-0.05, 0) is 18.9 Å². The van der Waals surface area contributed by atoms with Crippen molar-refractivity contribution in [1.29, 1.82) is 0 Å². The van der Waals surface area contributed by atoms with Gasteiger partial charge >= 0.3 is 0 Å². The summed E-state index contributed by atoms with van der Waals surface area (Å²) in [6.45, 7) is 0.518. The Bertz CT molecular complexity index is 413. The lowest BCUT2D eigenvalue weighted by Crippen LogP contribution is -2.36. The van der Waals surface area contributed by atoms with Crippen LogP contribution < -0.4 is 10.1 Å². The van der Waals surface area contributed by atoms with E-state index in [9.17, 15) is 4.39 Å². The van der Waals surface area contributed by atoms with E-state index in [4.69, 9.17) is 16.3 Å². The van der Waals surface area contributed by atoms with Crippen molar-refractivity contribution in [2.45, 2.75) is 50.1 Å². The molecule has 1 aliphatic rings. The van der Waals surface area contributed by atoms with Crippen LogP contribution in [0.15, 0.2) is 18.2 Å². The van der Waals surface area contributed by atoms with Gasteiger partial charge in [-0.15, -0.1) is 11.6 Å². The molecule has 0 bridgehead atoms. The Morgan fingerprint density at radius 3 is 2.84 bits per heavy atom. The Kier molecular flexibility index (Phi) is 5.46. The van der Waals surface area contributed by atoms with Gasteiger partial charge in [-0.3, -0.25) is 0 Å². The summed E-state index contributed by atoms with van der Waals surface area (Å²) in [5.41, 5.74) is 0.661. The Labute approximate surface area is 119 Å². The lowest BCUT2D eigenvalue weighted by Gasteiger charge is -2.21. The minimum absolute atomic E-state index is 0.156. The van der Waals surface area contributed by atoms with Gasteiger partial charge in [0, 0.05) is 29.6 Å². The minimum atomic E-state index is -0.230. The van der Waals surface area contributed by atoms with Crippen LogP contribution in [0.5, 0.6) is 5.75 Å². The topological polar surface area (TPSA) is 21.3 Å². The number of benzene rings is 1. The number of ether oxygens (including phenoxy) is 1. The predicted molar refractivity (Wildman–Crippen MR) is 76.3 cm³/mol. The molecule has 4 heteroatoms. The van der Waals surface area contributed by atoms with E-state index in [1.54, 1.807) is 12.1 Å². The molecule has 106 valence electrons. The molecule has 2 atom stereocenters. The number of halogens is 2. The lowest BCUT2D eigenvalue weighted by atomic mass is 10.1. The van der Waals surface area contributed by atoms with E-state index in [1.807, 2.05) is 0 Å². The smallest absolute Gasteiger partial charge is 0.131 e. The summed E-state index contributed by atoms with van der Waals surface area (Å²) in [7, 11) is 1.54. The van der Waals surface area contributed by atoms with Crippen LogP contribution in [-0.2, 0) is 6.54 Å². The fourth-order valence-electron chi connectivity index (χ4n) is 2.53. The molecule has 0 spiro atoms. The first-order valence-electron chi connectivity index (χ1n) is 6.90. The van der Waals surface area contributed by atoms with E-state index < -0.39 is 0 Å². The third-order valence-electron chi connectivity index (χ3n) is 3.75. The zero-order valence-corrected chi connectivity index (χ0v) is 12.0. The largest absolute Gasteiger partial charge is 0.497 e. The SMILES string of the molecule is COc1ccc(CNC2CCCCCC2Cl)c(F)c1. The zero-order chi connectivity index (χ0) is 13.7. The molecule has 1 aromatic carbocycles. The first kappa shape index (κ1) is 14.6. The Hall–Kier alpha value is -0.800. The summed E-state index contributed by atoms with van der Waals surface area (Å²) in [5.74, 6) is 0.317. The zero-order valence-electron chi connectivity index (χ0n) is 11.3. The van der Waals surface area contributed by atoms with Crippen LogP contribution in [0.25, 0.3) is 0 Å². The highest BCUT2D eigenvalue weighted by Crippen LogP contribution is 2.23. The highest BCUT2D eigenvalue weighted by atomic mass is 35.5. The van der Waals surface area contributed by atoms with Crippen LogP contribution in [0.1, 0.15) is 37.7 Å². The van der Waals surface area contributed by atoms with E-state index in [0.29, 0.717) is 17.9 Å². The molecule has 2 nitrogen and oxygen atoms in total. The van der Waals surface area contributed by atoms with Crippen LogP contribution in [0, 0.1) is 5.82 Å². The van der Waals surface area contributed by atoms with E-state index in [0.717, 1.165) is 12.8 Å². The average Bonchev–Trinajstić information content (AvgIpc) is 2.62. The highest BCUT2D eigenvalue weighted by molar-refractivity contribution is 6.21. The van der Waals surface area contributed by atoms with Crippen molar-refractivity contribution < 1.29 is 9.13 Å². The molecule has 1 N–H and O–H groups in total. The van der Waals surface area contributed by atoms with Gasteiger partial charge in [-0.25, -0.2) is 4.39 Å². The fraction of sp³-hybridized carbons (Fsp3) is 0.600. The first-order chi connectivity index (χ1) is 9.20. The van der Waals surface area contributed by atoms with E-state index in [2.05, 4.69) is 5.32 Å². The molecule has 0 saturated heterocycles. The van der Waals surface area contributed by atoms with Crippen LogP contribution in [0.2, 0.25) is 0 Å². The standard InChI is InChI=1S/C15H21ClFNO/c1-19-12-8-7-11(14(17)9-12)10-18-15-6-4-2-3-5-13(15)16/h7-9,13,15,18H,2-6,10H2,1H3. The summed E-state index contributed by atoms with van der Waals surface area (Å²) < 4.78 is 18.8. The maximum Gasteiger partial charge on any atom is 0.131 e. The molecule has 0 amide bonds. The van der Waals surface area contributed by atoms with Crippen molar-refractivity contribution >= 4 is 11.6 Å². The summed E-state index contributed by atoms with van der Waals surface area (Å²) in [6.07, 6.45) is 5.77. The third kappa shape index (κ3) is 4.08. The monoisotopic (exact) mass is 285 g/mol. The maximum atomic E-state index is 13.8. The predicted octanol–water partition coefficient (Wildman–Crippen LogP) is 3.86. The maximum absolute atomic E-state index is 13.8. The Morgan fingerprint density at radius 2 is 2.11 bits per heavy atom. The molecule has 0 aliphatic heterocycles. The minimum Gasteiger partial charge on any atom is -0.497 e. The first-order valence-corrected chi connectivity index (χ1v) is 7.34. The molecular formula is C15H21ClFNO. The van der Waals surface area contributed by atoms with Gasteiger partial charge in [0.05, 0.1) is 7.11 Å². The quantitative estimate of drug-likeness (QED) is 0.670. The van der Waals surface area contributed by atoms with Gasteiger partial charge in [0.25, 0.3) is 0 Å². The van der Waals surface area contributed by atoms with Crippen molar-refractivity contribution in [1.82, 2.24) is 5.32 Å². The second-order valence-electron chi connectivity index (χ2n) is 5.10. The molecule has 1 saturated carbocycles. The van der Waals surface area contributed by atoms with Crippen LogP contribution >= 0.6 is 11.6 Å². The third-order valence-corrected chi connectivity index (χ3v) is 4.27. The van der Waals surface area contributed by atoms with Crippen molar-refractivity contribution in [2.24, 2.45) is 0 Å². The molecule has 0 aromatic heterocycles. The van der Waals surface area contributed by atoms with Crippen molar-refractivity contribution in [2.75, 3.05) is 7.11 Å². The molecule has 0 heterocycles. The molecule has 2 unspecified atom stereocenters. The average molecular weight is 286 g/mol. The molecule has 19 heavy (non-hydrogen) atoms. The van der Waals surface area contributed by atoms with E-state index in [-0.39, 0.29) is 17.2 Å². The summed E-state index contributed by atoms with van der Waals surface area (Å²) in [5, 5.41) is 3.55. The number of hydrogen-bond acceptors (Lipinski definition) is 2.